The van der Waals surface area contributed by atoms with Gasteiger partial charge in [0.05, 0.1) is 15.1 Å². The Morgan fingerprint density at radius 3 is 2.24 bits per heavy atom. The quantitative estimate of drug-likeness (QED) is 0.522. The molecule has 5 heteroatoms. The van der Waals surface area contributed by atoms with Crippen LogP contribution in [0.15, 0.2) is 12.1 Å². The summed E-state index contributed by atoms with van der Waals surface area (Å²) in [4.78, 5) is 0. The Morgan fingerprint density at radius 2 is 1.71 bits per heavy atom. The maximum Gasteiger partial charge on any atom is 0.139 e. The molecular weight excluding hydrogens is 302 g/mol. The van der Waals surface area contributed by atoms with E-state index in [1.807, 2.05) is 0 Å². The van der Waals surface area contributed by atoms with Crippen LogP contribution in [0.4, 0.5) is 0 Å². The van der Waals surface area contributed by atoms with Crippen LogP contribution in [-0.2, 0) is 0 Å². The maximum atomic E-state index is 6.14. The van der Waals surface area contributed by atoms with Gasteiger partial charge >= 0.3 is 0 Å². The first-order valence-corrected chi connectivity index (χ1v) is 6.84. The van der Waals surface area contributed by atoms with E-state index in [2.05, 4.69) is 13.8 Å². The summed E-state index contributed by atoms with van der Waals surface area (Å²) >= 11 is 24.0. The number of rotatable bonds is 2. The molecule has 0 bridgehead atoms. The molecule has 1 fully saturated rings. The van der Waals surface area contributed by atoms with Crippen LogP contribution < -0.4 is 4.74 Å². The summed E-state index contributed by atoms with van der Waals surface area (Å²) in [6.45, 7) is 4.15. The Balaban J connectivity index is 2.18. The van der Waals surface area contributed by atoms with Gasteiger partial charge in [-0.3, -0.25) is 0 Å². The summed E-state index contributed by atoms with van der Waals surface area (Å²) in [5.74, 6) is 0.558. The molecule has 0 radical (unpaired) electrons. The summed E-state index contributed by atoms with van der Waals surface area (Å²) < 4.78 is 5.84. The third kappa shape index (κ3) is 2.49. The van der Waals surface area contributed by atoms with Crippen LogP contribution in [0, 0.1) is 5.41 Å². The van der Waals surface area contributed by atoms with Crippen molar-refractivity contribution < 1.29 is 4.74 Å². The van der Waals surface area contributed by atoms with Crippen molar-refractivity contribution in [2.45, 2.75) is 31.7 Å². The van der Waals surface area contributed by atoms with Gasteiger partial charge in [-0.05, 0) is 6.07 Å². The predicted molar refractivity (Wildman–Crippen MR) is 73.9 cm³/mol. The molecule has 0 amide bonds. The number of benzene rings is 1. The van der Waals surface area contributed by atoms with Crippen LogP contribution in [0.25, 0.3) is 0 Å². The molecule has 0 saturated heterocycles. The molecule has 0 N–H and O–H groups in total. The Kier molecular flexibility index (Phi) is 3.76. The monoisotopic (exact) mass is 312 g/mol. The lowest BCUT2D eigenvalue weighted by Gasteiger charge is -2.48. The molecule has 2 atom stereocenters. The zero-order chi connectivity index (χ0) is 12.8. The first-order chi connectivity index (χ1) is 7.82. The Bertz CT molecular complexity index is 444. The molecule has 0 spiro atoms. The number of hydrogen-bond acceptors (Lipinski definition) is 1. The van der Waals surface area contributed by atoms with E-state index in [9.17, 15) is 0 Å². The van der Waals surface area contributed by atoms with Gasteiger partial charge in [-0.2, -0.15) is 0 Å². The van der Waals surface area contributed by atoms with Crippen LogP contribution in [0.1, 0.15) is 20.3 Å². The number of alkyl halides is 1. The van der Waals surface area contributed by atoms with Crippen molar-refractivity contribution in [3.8, 4) is 5.75 Å². The van der Waals surface area contributed by atoms with Crippen molar-refractivity contribution in [3.05, 3.63) is 27.2 Å². The van der Waals surface area contributed by atoms with Gasteiger partial charge in [-0.15, -0.1) is 11.6 Å². The van der Waals surface area contributed by atoms with Gasteiger partial charge in [-0.25, -0.2) is 0 Å². The fourth-order valence-corrected chi connectivity index (χ4v) is 2.67. The first kappa shape index (κ1) is 13.6. The lowest BCUT2D eigenvalue weighted by atomic mass is 9.68. The lowest BCUT2D eigenvalue weighted by molar-refractivity contribution is -0.0129. The second-order valence-electron chi connectivity index (χ2n) is 4.83. The maximum absolute atomic E-state index is 6.14. The van der Waals surface area contributed by atoms with Crippen LogP contribution in [0.3, 0.4) is 0 Å². The standard InChI is InChI=1S/C12H12Cl4O/c1-12(2)10(16)5-11(12)17-9-4-7(14)6(13)3-8(9)15/h3-4,10-11H,5H2,1-2H3. The molecule has 1 aliphatic carbocycles. The minimum Gasteiger partial charge on any atom is -0.488 e. The van der Waals surface area contributed by atoms with E-state index in [0.29, 0.717) is 20.8 Å². The highest BCUT2D eigenvalue weighted by molar-refractivity contribution is 6.43. The molecule has 0 heterocycles. The first-order valence-electron chi connectivity index (χ1n) is 5.27. The fourth-order valence-electron chi connectivity index (χ4n) is 1.78. The minimum absolute atomic E-state index is 0.0553. The second-order valence-corrected chi connectivity index (χ2v) is 6.58. The van der Waals surface area contributed by atoms with Gasteiger partial charge < -0.3 is 4.74 Å². The summed E-state index contributed by atoms with van der Waals surface area (Å²) in [5.41, 5.74) is -0.0585. The molecule has 0 aromatic heterocycles. The second kappa shape index (κ2) is 4.70. The van der Waals surface area contributed by atoms with Crippen molar-refractivity contribution in [3.63, 3.8) is 0 Å². The third-order valence-electron chi connectivity index (χ3n) is 3.30. The van der Waals surface area contributed by atoms with Crippen LogP contribution in [0.5, 0.6) is 5.75 Å². The van der Waals surface area contributed by atoms with Gasteiger partial charge in [0.25, 0.3) is 0 Å². The lowest BCUT2D eigenvalue weighted by Crippen LogP contribution is -2.53. The van der Waals surface area contributed by atoms with Crippen molar-refractivity contribution in [1.29, 1.82) is 0 Å². The van der Waals surface area contributed by atoms with Gasteiger partial charge in [0.1, 0.15) is 11.9 Å². The number of halogens is 4. The van der Waals surface area contributed by atoms with E-state index in [1.165, 1.54) is 0 Å². The zero-order valence-corrected chi connectivity index (χ0v) is 12.5. The summed E-state index contributed by atoms with van der Waals surface area (Å²) in [7, 11) is 0. The van der Waals surface area contributed by atoms with E-state index >= 15 is 0 Å². The highest BCUT2D eigenvalue weighted by Gasteiger charge is 2.49. The summed E-state index contributed by atoms with van der Waals surface area (Å²) in [6.07, 6.45) is 0.866. The third-order valence-corrected chi connectivity index (χ3v) is 5.06. The van der Waals surface area contributed by atoms with Crippen LogP contribution >= 0.6 is 46.4 Å². The van der Waals surface area contributed by atoms with E-state index in [-0.39, 0.29) is 16.9 Å². The molecule has 94 valence electrons. The molecule has 1 aromatic rings. The molecule has 0 aliphatic heterocycles. The molecule has 1 aliphatic rings. The highest BCUT2D eigenvalue weighted by Crippen LogP contribution is 2.47. The Morgan fingerprint density at radius 1 is 1.12 bits per heavy atom. The van der Waals surface area contributed by atoms with Crippen molar-refractivity contribution in [2.24, 2.45) is 5.41 Å². The Hall–Kier alpha value is 0.180. The summed E-state index contributed by atoms with van der Waals surface area (Å²) in [5, 5.41) is 1.46. The molecule has 1 saturated carbocycles. The minimum atomic E-state index is -0.0585. The largest absolute Gasteiger partial charge is 0.488 e. The van der Waals surface area contributed by atoms with E-state index < -0.39 is 0 Å². The van der Waals surface area contributed by atoms with E-state index in [1.54, 1.807) is 12.1 Å². The van der Waals surface area contributed by atoms with Crippen molar-refractivity contribution >= 4 is 46.4 Å². The van der Waals surface area contributed by atoms with Crippen molar-refractivity contribution in [1.82, 2.24) is 0 Å². The van der Waals surface area contributed by atoms with Gasteiger partial charge in [-0.1, -0.05) is 48.7 Å². The average molecular weight is 314 g/mol. The molecular formula is C12H12Cl4O. The average Bonchev–Trinajstić information content (AvgIpc) is 2.25. The molecule has 17 heavy (non-hydrogen) atoms. The number of ether oxygens (including phenoxy) is 1. The molecule has 1 nitrogen and oxygen atoms in total. The van der Waals surface area contributed by atoms with E-state index in [4.69, 9.17) is 51.1 Å². The molecule has 2 unspecified atom stereocenters. The fraction of sp³-hybridized carbons (Fsp3) is 0.500. The van der Waals surface area contributed by atoms with Gasteiger partial charge in [0.2, 0.25) is 0 Å². The van der Waals surface area contributed by atoms with Crippen LogP contribution in [-0.4, -0.2) is 11.5 Å². The topological polar surface area (TPSA) is 9.23 Å². The summed E-state index contributed by atoms with van der Waals surface area (Å²) in [6, 6.07) is 3.23. The Labute approximate surface area is 121 Å². The normalized spacial score (nSPS) is 26.5. The van der Waals surface area contributed by atoms with Crippen molar-refractivity contribution in [2.75, 3.05) is 0 Å². The molecule has 1 aromatic carbocycles. The van der Waals surface area contributed by atoms with E-state index in [0.717, 1.165) is 6.42 Å². The molecule has 2 rings (SSSR count). The van der Waals surface area contributed by atoms with Gasteiger partial charge in [0.15, 0.2) is 0 Å². The van der Waals surface area contributed by atoms with Crippen LogP contribution in [0.2, 0.25) is 15.1 Å². The highest BCUT2D eigenvalue weighted by atomic mass is 35.5. The SMILES string of the molecule is CC1(C)C(Cl)CC1Oc1cc(Cl)c(Cl)cc1Cl. The smallest absolute Gasteiger partial charge is 0.139 e. The zero-order valence-electron chi connectivity index (χ0n) is 9.44. The number of hydrogen-bond donors (Lipinski definition) is 0. The predicted octanol–water partition coefficient (Wildman–Crippen LogP) is 5.43. The van der Waals surface area contributed by atoms with Gasteiger partial charge in [0, 0.05) is 23.3 Å².